The van der Waals surface area contributed by atoms with E-state index in [1.54, 1.807) is 0 Å². The summed E-state index contributed by atoms with van der Waals surface area (Å²) in [4.78, 5) is 0. The van der Waals surface area contributed by atoms with Gasteiger partial charge in [-0.05, 0) is 5.57 Å². The fraction of sp³-hybridized carbons (Fsp3) is 0.200. The molecular weight excluding hydrogens is 88.1 g/mol. The predicted molar refractivity (Wildman–Crippen MR) is 31.5 cm³/mol. The van der Waals surface area contributed by atoms with E-state index in [0.29, 0.717) is 17.8 Å². The Morgan fingerprint density at radius 3 is 1.86 bits per heavy atom. The lowest BCUT2D eigenvalue weighted by Gasteiger charge is -1.95. The highest BCUT2D eigenvalue weighted by atomic mass is 14.6. The second kappa shape index (κ2) is 2.42. The molecule has 0 aliphatic carbocycles. The van der Waals surface area contributed by atoms with Gasteiger partial charge in [0.1, 0.15) is 0 Å². The molecule has 0 aromatic carbocycles. The van der Waals surface area contributed by atoms with Crippen molar-refractivity contribution in [1.82, 2.24) is 0 Å². The van der Waals surface area contributed by atoms with E-state index >= 15 is 0 Å². The van der Waals surface area contributed by atoms with Crippen LogP contribution in [0.1, 0.15) is 0 Å². The first-order valence-corrected chi connectivity index (χ1v) is 2.01. The normalized spacial score (nSPS) is 8.14. The first kappa shape index (κ1) is 6.24. The maximum Gasteiger partial charge on any atom is 0.0280 e. The summed E-state index contributed by atoms with van der Waals surface area (Å²) in [6.07, 6.45) is 0. The number of rotatable bonds is 2. The zero-order valence-corrected chi connectivity index (χ0v) is 4.28. The van der Waals surface area contributed by atoms with E-state index in [1.807, 2.05) is 0 Å². The quantitative estimate of drug-likeness (QED) is 0.477. The SMILES string of the molecule is C=C(N)C(=C)CN. The van der Waals surface area contributed by atoms with Crippen LogP contribution in [0.15, 0.2) is 24.4 Å². The summed E-state index contributed by atoms with van der Waals surface area (Å²) >= 11 is 0. The van der Waals surface area contributed by atoms with E-state index in [1.165, 1.54) is 0 Å². The molecule has 0 radical (unpaired) electrons. The summed E-state index contributed by atoms with van der Waals surface area (Å²) < 4.78 is 0. The van der Waals surface area contributed by atoms with Crippen molar-refractivity contribution >= 4 is 0 Å². The number of nitrogens with two attached hydrogens (primary N) is 2. The van der Waals surface area contributed by atoms with Crippen LogP contribution >= 0.6 is 0 Å². The highest BCUT2D eigenvalue weighted by molar-refractivity contribution is 5.22. The Morgan fingerprint density at radius 2 is 1.86 bits per heavy atom. The third kappa shape index (κ3) is 2.00. The Kier molecular flexibility index (Phi) is 2.16. The highest BCUT2D eigenvalue weighted by Gasteiger charge is 1.86. The zero-order valence-electron chi connectivity index (χ0n) is 4.28. The molecule has 0 aromatic rings. The molecule has 0 aromatic heterocycles. The summed E-state index contributed by atoms with van der Waals surface area (Å²) in [7, 11) is 0. The van der Waals surface area contributed by atoms with E-state index in [0.717, 1.165) is 0 Å². The fourth-order valence-corrected chi connectivity index (χ4v) is 0.131. The van der Waals surface area contributed by atoms with Gasteiger partial charge in [0, 0.05) is 12.2 Å². The van der Waals surface area contributed by atoms with Gasteiger partial charge in [0.05, 0.1) is 0 Å². The summed E-state index contributed by atoms with van der Waals surface area (Å²) in [5, 5.41) is 0. The van der Waals surface area contributed by atoms with Crippen molar-refractivity contribution in [3.8, 4) is 0 Å². The molecule has 0 heterocycles. The number of hydrogen-bond donors (Lipinski definition) is 2. The van der Waals surface area contributed by atoms with Gasteiger partial charge in [-0.3, -0.25) is 0 Å². The Morgan fingerprint density at radius 1 is 1.43 bits per heavy atom. The molecule has 0 saturated heterocycles. The maximum atomic E-state index is 5.17. The highest BCUT2D eigenvalue weighted by Crippen LogP contribution is 1.90. The molecule has 0 spiro atoms. The lowest BCUT2D eigenvalue weighted by Crippen LogP contribution is -2.08. The largest absolute Gasteiger partial charge is 0.399 e. The van der Waals surface area contributed by atoms with E-state index in [4.69, 9.17) is 11.5 Å². The molecule has 7 heavy (non-hydrogen) atoms. The molecule has 0 amide bonds. The molecule has 0 aliphatic rings. The van der Waals surface area contributed by atoms with Gasteiger partial charge in [-0.25, -0.2) is 0 Å². The van der Waals surface area contributed by atoms with Crippen LogP contribution in [0.5, 0.6) is 0 Å². The molecule has 2 nitrogen and oxygen atoms in total. The van der Waals surface area contributed by atoms with Crippen LogP contribution in [-0.4, -0.2) is 6.54 Å². The van der Waals surface area contributed by atoms with Crippen LogP contribution in [0.2, 0.25) is 0 Å². The monoisotopic (exact) mass is 98.1 g/mol. The molecule has 0 atom stereocenters. The van der Waals surface area contributed by atoms with E-state index in [-0.39, 0.29) is 0 Å². The molecule has 0 rings (SSSR count). The number of hydrogen-bond acceptors (Lipinski definition) is 2. The Labute approximate surface area is 43.5 Å². The van der Waals surface area contributed by atoms with Crippen molar-refractivity contribution in [2.45, 2.75) is 0 Å². The van der Waals surface area contributed by atoms with Crippen LogP contribution in [0.3, 0.4) is 0 Å². The van der Waals surface area contributed by atoms with Crippen molar-refractivity contribution in [2.75, 3.05) is 6.54 Å². The molecule has 4 N–H and O–H groups in total. The molecule has 40 valence electrons. The minimum Gasteiger partial charge on any atom is -0.399 e. The van der Waals surface area contributed by atoms with Crippen LogP contribution in [-0.2, 0) is 0 Å². The van der Waals surface area contributed by atoms with E-state index in [2.05, 4.69) is 13.2 Å². The standard InChI is InChI=1S/C5H10N2/c1-4(3-6)5(2)7/h1-3,6-7H2. The molecule has 0 unspecified atom stereocenters. The lowest BCUT2D eigenvalue weighted by atomic mass is 10.2. The molecule has 2 heteroatoms. The van der Waals surface area contributed by atoms with Gasteiger partial charge in [-0.2, -0.15) is 0 Å². The summed E-state index contributed by atoms with van der Waals surface area (Å²) in [5.74, 6) is 0. The van der Waals surface area contributed by atoms with Crippen molar-refractivity contribution in [1.29, 1.82) is 0 Å². The second-order valence-electron chi connectivity index (χ2n) is 1.33. The molecule has 0 saturated carbocycles. The fourth-order valence-electron chi connectivity index (χ4n) is 0.131. The van der Waals surface area contributed by atoms with Crippen molar-refractivity contribution in [2.24, 2.45) is 11.5 Å². The van der Waals surface area contributed by atoms with Crippen molar-refractivity contribution < 1.29 is 0 Å². The molecule has 0 bridgehead atoms. The van der Waals surface area contributed by atoms with Crippen molar-refractivity contribution in [3.05, 3.63) is 24.4 Å². The molecule has 0 fully saturated rings. The van der Waals surface area contributed by atoms with Crippen LogP contribution in [0, 0.1) is 0 Å². The topological polar surface area (TPSA) is 52.0 Å². The summed E-state index contributed by atoms with van der Waals surface area (Å²) in [6.45, 7) is 7.35. The summed E-state index contributed by atoms with van der Waals surface area (Å²) in [6, 6.07) is 0. The minimum absolute atomic E-state index is 0.398. The summed E-state index contributed by atoms with van der Waals surface area (Å²) in [5.41, 5.74) is 11.5. The van der Waals surface area contributed by atoms with E-state index < -0.39 is 0 Å². The Balaban J connectivity index is 3.58. The maximum absolute atomic E-state index is 5.17. The zero-order chi connectivity index (χ0) is 5.86. The van der Waals surface area contributed by atoms with Gasteiger partial charge in [-0.1, -0.05) is 13.2 Å². The van der Waals surface area contributed by atoms with Gasteiger partial charge in [-0.15, -0.1) is 0 Å². The van der Waals surface area contributed by atoms with E-state index in [9.17, 15) is 0 Å². The van der Waals surface area contributed by atoms with Gasteiger partial charge in [0.2, 0.25) is 0 Å². The third-order valence-corrected chi connectivity index (χ3v) is 0.701. The second-order valence-corrected chi connectivity index (χ2v) is 1.33. The minimum atomic E-state index is 0.398. The smallest absolute Gasteiger partial charge is 0.0280 e. The first-order chi connectivity index (χ1) is 3.18. The van der Waals surface area contributed by atoms with Crippen LogP contribution in [0.25, 0.3) is 0 Å². The van der Waals surface area contributed by atoms with Crippen molar-refractivity contribution in [3.63, 3.8) is 0 Å². The predicted octanol–water partition coefficient (Wildman–Crippen LogP) is -0.0263. The van der Waals surface area contributed by atoms with Gasteiger partial charge >= 0.3 is 0 Å². The Bertz CT molecular complexity index is 94.3. The average Bonchev–Trinajstić information content (AvgIpc) is 1.65. The first-order valence-electron chi connectivity index (χ1n) is 2.01. The average molecular weight is 98.1 g/mol. The lowest BCUT2D eigenvalue weighted by molar-refractivity contribution is 1.14. The van der Waals surface area contributed by atoms with Gasteiger partial charge in [0.15, 0.2) is 0 Å². The van der Waals surface area contributed by atoms with Crippen LogP contribution in [0.4, 0.5) is 0 Å². The molecule has 0 aliphatic heterocycles. The van der Waals surface area contributed by atoms with Crippen LogP contribution < -0.4 is 11.5 Å². The third-order valence-electron chi connectivity index (χ3n) is 0.701. The Hall–Kier alpha value is -0.760. The van der Waals surface area contributed by atoms with Gasteiger partial charge in [0.25, 0.3) is 0 Å². The molecular formula is C5H10N2. The van der Waals surface area contributed by atoms with Gasteiger partial charge < -0.3 is 11.5 Å².